The van der Waals surface area contributed by atoms with Crippen LogP contribution >= 0.6 is 35.0 Å². The third-order valence-electron chi connectivity index (χ3n) is 4.36. The summed E-state index contributed by atoms with van der Waals surface area (Å²) in [6.45, 7) is 5.62. The Kier molecular flexibility index (Phi) is 9.46. The Bertz CT molecular complexity index is 878. The molecular formula is C22H25Cl2FN2O2S. The van der Waals surface area contributed by atoms with Crippen molar-refractivity contribution in [3.8, 4) is 0 Å². The van der Waals surface area contributed by atoms with Crippen molar-refractivity contribution in [3.63, 3.8) is 0 Å². The molecule has 2 rings (SSSR count). The van der Waals surface area contributed by atoms with E-state index in [1.54, 1.807) is 37.3 Å². The fourth-order valence-corrected chi connectivity index (χ4v) is 4.08. The molecule has 0 saturated heterocycles. The van der Waals surface area contributed by atoms with Gasteiger partial charge in [0.05, 0.1) is 5.75 Å². The molecule has 162 valence electrons. The second-order valence-electron chi connectivity index (χ2n) is 7.22. The fourth-order valence-electron chi connectivity index (χ4n) is 2.74. The zero-order valence-corrected chi connectivity index (χ0v) is 19.5. The van der Waals surface area contributed by atoms with Crippen molar-refractivity contribution in [1.29, 1.82) is 0 Å². The molecule has 1 N–H and O–H groups in total. The average molecular weight is 471 g/mol. The van der Waals surface area contributed by atoms with Crippen LogP contribution in [0, 0.1) is 5.82 Å². The Labute approximate surface area is 191 Å². The number of thioether (sulfide) groups is 1. The molecule has 2 aromatic rings. The summed E-state index contributed by atoms with van der Waals surface area (Å²) in [4.78, 5) is 27.1. The van der Waals surface area contributed by atoms with E-state index in [4.69, 9.17) is 23.2 Å². The molecule has 0 spiro atoms. The molecule has 0 bridgehead atoms. The van der Waals surface area contributed by atoms with E-state index in [0.29, 0.717) is 21.4 Å². The zero-order valence-electron chi connectivity index (χ0n) is 17.1. The van der Waals surface area contributed by atoms with E-state index in [9.17, 15) is 14.0 Å². The first-order chi connectivity index (χ1) is 14.2. The molecule has 0 aromatic heterocycles. The molecule has 2 aromatic carbocycles. The maximum atomic E-state index is 13.0. The van der Waals surface area contributed by atoms with Crippen molar-refractivity contribution >= 4 is 46.8 Å². The standard InChI is InChI=1S/C22H25Cl2FN2O2S/c1-14(2)26-22(29)15(3)27(11-17-6-7-18(23)10-20(17)24)21(28)13-30-12-16-4-8-19(25)9-5-16/h4-10,14-15H,11-13H2,1-3H3,(H,26,29)/t15-/m0/s1. The van der Waals surface area contributed by atoms with Gasteiger partial charge in [-0.05, 0) is 56.2 Å². The van der Waals surface area contributed by atoms with Crippen molar-refractivity contribution in [2.45, 2.75) is 45.2 Å². The van der Waals surface area contributed by atoms with Gasteiger partial charge in [-0.25, -0.2) is 4.39 Å². The molecule has 0 radical (unpaired) electrons. The van der Waals surface area contributed by atoms with Crippen LogP contribution in [-0.4, -0.2) is 34.6 Å². The Hall–Kier alpha value is -1.76. The monoisotopic (exact) mass is 470 g/mol. The minimum Gasteiger partial charge on any atom is -0.352 e. The van der Waals surface area contributed by atoms with Crippen LogP contribution in [0.15, 0.2) is 42.5 Å². The highest BCUT2D eigenvalue weighted by Gasteiger charge is 2.27. The number of nitrogens with zero attached hydrogens (tertiary/aromatic N) is 1. The van der Waals surface area contributed by atoms with Crippen molar-refractivity contribution in [2.75, 3.05) is 5.75 Å². The lowest BCUT2D eigenvalue weighted by atomic mass is 10.1. The largest absolute Gasteiger partial charge is 0.352 e. The Balaban J connectivity index is 2.11. The van der Waals surface area contributed by atoms with Crippen LogP contribution in [0.2, 0.25) is 10.0 Å². The van der Waals surface area contributed by atoms with Crippen LogP contribution < -0.4 is 5.32 Å². The van der Waals surface area contributed by atoms with Gasteiger partial charge in [0.2, 0.25) is 11.8 Å². The number of amides is 2. The summed E-state index contributed by atoms with van der Waals surface area (Å²) in [6.07, 6.45) is 0. The Morgan fingerprint density at radius 2 is 1.77 bits per heavy atom. The van der Waals surface area contributed by atoms with Crippen LogP contribution in [0.1, 0.15) is 31.9 Å². The SMILES string of the molecule is CC(C)NC(=O)[C@H](C)N(Cc1ccc(Cl)cc1Cl)C(=O)CSCc1ccc(F)cc1. The minimum atomic E-state index is -0.668. The molecule has 8 heteroatoms. The van der Waals surface area contributed by atoms with Crippen LogP contribution in [0.5, 0.6) is 0 Å². The number of halogens is 3. The number of carbonyl (C=O) groups is 2. The lowest BCUT2D eigenvalue weighted by Crippen LogP contribution is -2.49. The molecule has 0 unspecified atom stereocenters. The third-order valence-corrected chi connectivity index (χ3v) is 5.94. The summed E-state index contributed by atoms with van der Waals surface area (Å²) in [5.74, 6) is 0.0399. The molecular weight excluding hydrogens is 446 g/mol. The fraction of sp³-hybridized carbons (Fsp3) is 0.364. The van der Waals surface area contributed by atoms with Gasteiger partial charge in [-0.2, -0.15) is 0 Å². The van der Waals surface area contributed by atoms with E-state index in [-0.39, 0.29) is 36.0 Å². The van der Waals surface area contributed by atoms with Crippen molar-refractivity contribution < 1.29 is 14.0 Å². The van der Waals surface area contributed by atoms with Gasteiger partial charge in [-0.3, -0.25) is 9.59 Å². The third kappa shape index (κ3) is 7.49. The van der Waals surface area contributed by atoms with E-state index < -0.39 is 6.04 Å². The highest BCUT2D eigenvalue weighted by Crippen LogP contribution is 2.24. The summed E-state index contributed by atoms with van der Waals surface area (Å²) in [7, 11) is 0. The first-order valence-corrected chi connectivity index (χ1v) is 11.4. The van der Waals surface area contributed by atoms with Gasteiger partial charge in [0.15, 0.2) is 0 Å². The first-order valence-electron chi connectivity index (χ1n) is 9.53. The summed E-state index contributed by atoms with van der Waals surface area (Å²) < 4.78 is 13.0. The molecule has 0 heterocycles. The lowest BCUT2D eigenvalue weighted by molar-refractivity contribution is -0.138. The van der Waals surface area contributed by atoms with Gasteiger partial charge in [0.25, 0.3) is 0 Å². The number of nitrogens with one attached hydrogen (secondary N) is 1. The highest BCUT2D eigenvalue weighted by molar-refractivity contribution is 7.99. The summed E-state index contributed by atoms with van der Waals surface area (Å²) in [5.41, 5.74) is 1.63. The minimum absolute atomic E-state index is 0.0381. The van der Waals surface area contributed by atoms with Crippen molar-refractivity contribution in [3.05, 3.63) is 69.5 Å². The molecule has 4 nitrogen and oxygen atoms in total. The Morgan fingerprint density at radius 1 is 1.10 bits per heavy atom. The number of benzene rings is 2. The average Bonchev–Trinajstić information content (AvgIpc) is 2.67. The van der Waals surface area contributed by atoms with Gasteiger partial charge in [0.1, 0.15) is 11.9 Å². The van der Waals surface area contributed by atoms with E-state index in [1.165, 1.54) is 28.8 Å². The topological polar surface area (TPSA) is 49.4 Å². The maximum Gasteiger partial charge on any atom is 0.242 e. The van der Waals surface area contributed by atoms with E-state index in [2.05, 4.69) is 5.32 Å². The zero-order chi connectivity index (χ0) is 22.3. The first kappa shape index (κ1) is 24.5. The predicted molar refractivity (Wildman–Crippen MR) is 122 cm³/mol. The van der Waals surface area contributed by atoms with Crippen molar-refractivity contribution in [2.24, 2.45) is 0 Å². The molecule has 0 aliphatic heterocycles. The van der Waals surface area contributed by atoms with Gasteiger partial charge in [-0.1, -0.05) is 41.4 Å². The van der Waals surface area contributed by atoms with Crippen LogP contribution in [0.25, 0.3) is 0 Å². The smallest absolute Gasteiger partial charge is 0.242 e. The van der Waals surface area contributed by atoms with Gasteiger partial charge in [0, 0.05) is 28.4 Å². The quantitative estimate of drug-likeness (QED) is 0.540. The second-order valence-corrected chi connectivity index (χ2v) is 9.05. The highest BCUT2D eigenvalue weighted by atomic mass is 35.5. The Morgan fingerprint density at radius 3 is 2.37 bits per heavy atom. The van der Waals surface area contributed by atoms with Crippen LogP contribution in [0.3, 0.4) is 0 Å². The number of carbonyl (C=O) groups excluding carboxylic acids is 2. The van der Waals surface area contributed by atoms with Gasteiger partial charge >= 0.3 is 0 Å². The lowest BCUT2D eigenvalue weighted by Gasteiger charge is -2.29. The molecule has 1 atom stereocenters. The predicted octanol–water partition coefficient (Wildman–Crippen LogP) is 5.31. The van der Waals surface area contributed by atoms with Gasteiger partial charge in [-0.15, -0.1) is 11.8 Å². The molecule has 0 fully saturated rings. The maximum absolute atomic E-state index is 13.0. The summed E-state index contributed by atoms with van der Waals surface area (Å²) in [6, 6.07) is 10.5. The van der Waals surface area contributed by atoms with Crippen molar-refractivity contribution in [1.82, 2.24) is 10.2 Å². The van der Waals surface area contributed by atoms with Gasteiger partial charge < -0.3 is 10.2 Å². The molecule has 30 heavy (non-hydrogen) atoms. The van der Waals surface area contributed by atoms with E-state index in [0.717, 1.165) is 5.56 Å². The van der Waals surface area contributed by atoms with Crippen LogP contribution in [0.4, 0.5) is 4.39 Å². The summed E-state index contributed by atoms with van der Waals surface area (Å²) in [5, 5.41) is 3.79. The molecule has 0 aliphatic carbocycles. The second kappa shape index (κ2) is 11.6. The number of rotatable bonds is 9. The molecule has 0 saturated carbocycles. The number of hydrogen-bond acceptors (Lipinski definition) is 3. The molecule has 2 amide bonds. The molecule has 0 aliphatic rings. The van der Waals surface area contributed by atoms with E-state index >= 15 is 0 Å². The van der Waals surface area contributed by atoms with Crippen LogP contribution in [-0.2, 0) is 21.9 Å². The number of hydrogen-bond donors (Lipinski definition) is 1. The van der Waals surface area contributed by atoms with E-state index in [1.807, 2.05) is 13.8 Å². The normalized spacial score (nSPS) is 12.0. The summed E-state index contributed by atoms with van der Waals surface area (Å²) >= 11 is 13.7.